The second-order valence-corrected chi connectivity index (χ2v) is 7.08. The van der Waals surface area contributed by atoms with Gasteiger partial charge in [-0.1, -0.05) is 19.9 Å². The van der Waals surface area contributed by atoms with Crippen LogP contribution in [0, 0.1) is 0 Å². The molecule has 3 heterocycles. The zero-order chi connectivity index (χ0) is 18.1. The number of carbonyl (C=O) groups excluding carboxylic acids is 1. The Morgan fingerprint density at radius 2 is 2.27 bits per heavy atom. The molecular weight excluding hydrogens is 330 g/mol. The molecule has 0 radical (unpaired) electrons. The first-order chi connectivity index (χ1) is 12.6. The molecule has 136 valence electrons. The minimum atomic E-state index is -0.157. The SMILES string of the molecule is CC(C)c1nc2n(n1)CC(NC(=O)NCc1ccc3occc3c1)CC2. The van der Waals surface area contributed by atoms with Crippen molar-refractivity contribution >= 4 is 17.0 Å². The molecule has 0 fully saturated rings. The van der Waals surface area contributed by atoms with Crippen LogP contribution < -0.4 is 10.6 Å². The highest BCUT2D eigenvalue weighted by atomic mass is 16.3. The predicted molar refractivity (Wildman–Crippen MR) is 97.8 cm³/mol. The Labute approximate surface area is 151 Å². The molecule has 2 amide bonds. The summed E-state index contributed by atoms with van der Waals surface area (Å²) in [6.45, 7) is 5.33. The Bertz CT molecular complexity index is 927. The number of fused-ring (bicyclic) bond motifs is 2. The third-order valence-corrected chi connectivity index (χ3v) is 4.70. The quantitative estimate of drug-likeness (QED) is 0.755. The van der Waals surface area contributed by atoms with Crippen LogP contribution in [-0.4, -0.2) is 26.8 Å². The zero-order valence-corrected chi connectivity index (χ0v) is 15.0. The number of rotatable bonds is 4. The lowest BCUT2D eigenvalue weighted by Crippen LogP contribution is -2.45. The zero-order valence-electron chi connectivity index (χ0n) is 15.0. The highest BCUT2D eigenvalue weighted by molar-refractivity contribution is 5.78. The number of nitrogens with one attached hydrogen (secondary N) is 2. The molecule has 3 aromatic rings. The first kappa shape index (κ1) is 16.6. The maximum Gasteiger partial charge on any atom is 0.315 e. The number of amides is 2. The molecule has 0 bridgehead atoms. The standard InChI is InChI=1S/C19H23N5O2/c1-12(2)18-22-17-6-4-15(11-24(17)23-18)21-19(25)20-10-13-3-5-16-14(9-13)7-8-26-16/h3,5,7-9,12,15H,4,6,10-11H2,1-2H3,(H2,20,21,25). The third-order valence-electron chi connectivity index (χ3n) is 4.70. The number of aromatic nitrogens is 3. The number of carbonyl (C=O) groups is 1. The summed E-state index contributed by atoms with van der Waals surface area (Å²) in [5.74, 6) is 2.20. The van der Waals surface area contributed by atoms with Crippen molar-refractivity contribution in [2.75, 3.05) is 0 Å². The molecule has 0 saturated heterocycles. The van der Waals surface area contributed by atoms with Gasteiger partial charge in [0.1, 0.15) is 11.4 Å². The van der Waals surface area contributed by atoms with Crippen LogP contribution in [0.4, 0.5) is 4.79 Å². The van der Waals surface area contributed by atoms with Crippen molar-refractivity contribution in [1.82, 2.24) is 25.4 Å². The number of hydrogen-bond donors (Lipinski definition) is 2. The number of nitrogens with zero attached hydrogens (tertiary/aromatic N) is 3. The molecule has 1 aliphatic rings. The van der Waals surface area contributed by atoms with Gasteiger partial charge in [0.05, 0.1) is 18.8 Å². The van der Waals surface area contributed by atoms with E-state index in [0.717, 1.165) is 41.0 Å². The molecule has 26 heavy (non-hydrogen) atoms. The molecule has 4 rings (SSSR count). The largest absolute Gasteiger partial charge is 0.464 e. The van der Waals surface area contributed by atoms with E-state index in [9.17, 15) is 4.79 Å². The van der Waals surface area contributed by atoms with Gasteiger partial charge in [0.2, 0.25) is 0 Å². The Morgan fingerprint density at radius 3 is 3.12 bits per heavy atom. The summed E-state index contributed by atoms with van der Waals surface area (Å²) in [4.78, 5) is 16.8. The maximum absolute atomic E-state index is 12.2. The van der Waals surface area contributed by atoms with Crippen LogP contribution in [0.5, 0.6) is 0 Å². The molecule has 1 aliphatic heterocycles. The van der Waals surface area contributed by atoms with Gasteiger partial charge in [0.15, 0.2) is 5.82 Å². The van der Waals surface area contributed by atoms with Gasteiger partial charge < -0.3 is 15.1 Å². The van der Waals surface area contributed by atoms with E-state index in [4.69, 9.17) is 4.42 Å². The molecule has 0 saturated carbocycles. The van der Waals surface area contributed by atoms with Crippen molar-refractivity contribution in [3.8, 4) is 0 Å². The molecule has 0 spiro atoms. The Kier molecular flexibility index (Phi) is 4.36. The molecular formula is C19H23N5O2. The van der Waals surface area contributed by atoms with Gasteiger partial charge in [0.25, 0.3) is 0 Å². The van der Waals surface area contributed by atoms with E-state index in [1.54, 1.807) is 6.26 Å². The third kappa shape index (κ3) is 3.42. The van der Waals surface area contributed by atoms with Gasteiger partial charge in [-0.2, -0.15) is 5.10 Å². The summed E-state index contributed by atoms with van der Waals surface area (Å²) in [7, 11) is 0. The molecule has 7 nitrogen and oxygen atoms in total. The van der Waals surface area contributed by atoms with Gasteiger partial charge in [-0.3, -0.25) is 0 Å². The average molecular weight is 353 g/mol. The molecule has 2 aromatic heterocycles. The Hall–Kier alpha value is -2.83. The van der Waals surface area contributed by atoms with Crippen molar-refractivity contribution in [2.45, 2.75) is 51.7 Å². The number of urea groups is 1. The van der Waals surface area contributed by atoms with E-state index >= 15 is 0 Å². The van der Waals surface area contributed by atoms with Crippen LogP contribution in [-0.2, 0) is 19.5 Å². The molecule has 1 aromatic carbocycles. The van der Waals surface area contributed by atoms with Crippen LogP contribution in [0.2, 0.25) is 0 Å². The molecule has 1 unspecified atom stereocenters. The summed E-state index contributed by atoms with van der Waals surface area (Å²) in [5.41, 5.74) is 1.89. The van der Waals surface area contributed by atoms with Crippen molar-refractivity contribution in [3.05, 3.63) is 47.7 Å². The molecule has 2 N–H and O–H groups in total. The van der Waals surface area contributed by atoms with Crippen LogP contribution in [0.15, 0.2) is 34.9 Å². The van der Waals surface area contributed by atoms with Crippen molar-refractivity contribution in [3.63, 3.8) is 0 Å². The lowest BCUT2D eigenvalue weighted by Gasteiger charge is -2.23. The lowest BCUT2D eigenvalue weighted by atomic mass is 10.1. The highest BCUT2D eigenvalue weighted by Crippen LogP contribution is 2.18. The topological polar surface area (TPSA) is 85.0 Å². The van der Waals surface area contributed by atoms with E-state index in [1.807, 2.05) is 28.9 Å². The Balaban J connectivity index is 1.31. The first-order valence-corrected chi connectivity index (χ1v) is 9.02. The molecule has 7 heteroatoms. The van der Waals surface area contributed by atoms with E-state index in [-0.39, 0.29) is 12.1 Å². The number of aryl methyl sites for hydroxylation is 1. The van der Waals surface area contributed by atoms with E-state index in [1.165, 1.54) is 0 Å². The number of hydrogen-bond acceptors (Lipinski definition) is 4. The van der Waals surface area contributed by atoms with Crippen LogP contribution in [0.25, 0.3) is 11.0 Å². The smallest absolute Gasteiger partial charge is 0.315 e. The fourth-order valence-electron chi connectivity index (χ4n) is 3.24. The van der Waals surface area contributed by atoms with Gasteiger partial charge in [-0.15, -0.1) is 0 Å². The second kappa shape index (κ2) is 6.82. The number of benzene rings is 1. The van der Waals surface area contributed by atoms with E-state index in [0.29, 0.717) is 19.0 Å². The first-order valence-electron chi connectivity index (χ1n) is 9.02. The highest BCUT2D eigenvalue weighted by Gasteiger charge is 2.23. The maximum atomic E-state index is 12.2. The van der Waals surface area contributed by atoms with Crippen LogP contribution in [0.1, 0.15) is 43.4 Å². The monoisotopic (exact) mass is 353 g/mol. The minimum Gasteiger partial charge on any atom is -0.464 e. The van der Waals surface area contributed by atoms with Gasteiger partial charge in [-0.25, -0.2) is 14.5 Å². The fourth-order valence-corrected chi connectivity index (χ4v) is 3.24. The molecule has 1 atom stereocenters. The average Bonchev–Trinajstić information content (AvgIpc) is 3.25. The lowest BCUT2D eigenvalue weighted by molar-refractivity contribution is 0.231. The van der Waals surface area contributed by atoms with Gasteiger partial charge >= 0.3 is 6.03 Å². The van der Waals surface area contributed by atoms with E-state index in [2.05, 4.69) is 34.6 Å². The minimum absolute atomic E-state index is 0.0700. The van der Waals surface area contributed by atoms with Crippen molar-refractivity contribution in [1.29, 1.82) is 0 Å². The Morgan fingerprint density at radius 1 is 1.38 bits per heavy atom. The second-order valence-electron chi connectivity index (χ2n) is 7.08. The number of furan rings is 1. The summed E-state index contributed by atoms with van der Waals surface area (Å²) in [5, 5.41) is 11.6. The molecule has 0 aliphatic carbocycles. The van der Waals surface area contributed by atoms with Crippen LogP contribution in [0.3, 0.4) is 0 Å². The van der Waals surface area contributed by atoms with Gasteiger partial charge in [0, 0.05) is 24.3 Å². The fraction of sp³-hybridized carbons (Fsp3) is 0.421. The van der Waals surface area contributed by atoms with E-state index < -0.39 is 0 Å². The van der Waals surface area contributed by atoms with Gasteiger partial charge in [-0.05, 0) is 30.2 Å². The van der Waals surface area contributed by atoms with Crippen molar-refractivity contribution in [2.24, 2.45) is 0 Å². The predicted octanol–water partition coefficient (Wildman–Crippen LogP) is 2.96. The summed E-state index contributed by atoms with van der Waals surface area (Å²) in [6.07, 6.45) is 3.38. The summed E-state index contributed by atoms with van der Waals surface area (Å²) < 4.78 is 7.26. The van der Waals surface area contributed by atoms with Crippen LogP contribution >= 0.6 is 0 Å². The summed E-state index contributed by atoms with van der Waals surface area (Å²) in [6, 6.07) is 7.73. The normalized spacial score (nSPS) is 16.7. The van der Waals surface area contributed by atoms with Crippen molar-refractivity contribution < 1.29 is 9.21 Å². The summed E-state index contributed by atoms with van der Waals surface area (Å²) >= 11 is 0.